The highest BCUT2D eigenvalue weighted by atomic mass is 32.1. The van der Waals surface area contributed by atoms with Crippen LogP contribution < -0.4 is 5.46 Å². The summed E-state index contributed by atoms with van der Waals surface area (Å²) in [4.78, 5) is 0. The van der Waals surface area contributed by atoms with Crippen molar-refractivity contribution < 1.29 is 10.0 Å². The van der Waals surface area contributed by atoms with Crippen LogP contribution in [0, 0.1) is 0 Å². The highest BCUT2D eigenvalue weighted by molar-refractivity contribution is 7.26. The van der Waals surface area contributed by atoms with Crippen molar-refractivity contribution in [3.05, 3.63) is 103 Å². The van der Waals surface area contributed by atoms with Gasteiger partial charge in [-0.1, -0.05) is 103 Å². The van der Waals surface area contributed by atoms with Crippen LogP contribution in [0.2, 0.25) is 0 Å². The fraction of sp³-hybridized carbons (Fsp3) is 0. The van der Waals surface area contributed by atoms with Gasteiger partial charge < -0.3 is 10.0 Å². The minimum atomic E-state index is -1.45. The van der Waals surface area contributed by atoms with Crippen LogP contribution in [-0.2, 0) is 0 Å². The fourth-order valence-corrected chi connectivity index (χ4v) is 5.92. The van der Waals surface area contributed by atoms with Gasteiger partial charge in [-0.2, -0.15) is 0 Å². The summed E-state index contributed by atoms with van der Waals surface area (Å²) in [6, 6.07) is 35.5. The Hall–Kier alpha value is -3.44. The van der Waals surface area contributed by atoms with Gasteiger partial charge in [-0.25, -0.2) is 0 Å². The van der Waals surface area contributed by atoms with Crippen molar-refractivity contribution >= 4 is 54.9 Å². The molecule has 0 bridgehead atoms. The molecule has 6 rings (SSSR count). The molecule has 2 N–H and O–H groups in total. The van der Waals surface area contributed by atoms with E-state index in [4.69, 9.17) is 0 Å². The van der Waals surface area contributed by atoms with Gasteiger partial charge in [0, 0.05) is 25.7 Å². The minimum Gasteiger partial charge on any atom is -0.423 e. The molecule has 0 unspecified atom stereocenters. The highest BCUT2D eigenvalue weighted by Gasteiger charge is 2.16. The normalized spacial score (nSPS) is 11.4. The average Bonchev–Trinajstić information content (AvgIpc) is 3.23. The molecule has 152 valence electrons. The molecule has 2 nitrogen and oxygen atoms in total. The van der Waals surface area contributed by atoms with E-state index in [0.717, 1.165) is 11.1 Å². The predicted octanol–water partition coefficient (Wildman–Crippen LogP) is 6.22. The Morgan fingerprint density at radius 2 is 1.06 bits per heavy atom. The molecule has 1 aromatic heterocycles. The number of rotatable bonds is 3. The third-order valence-electron chi connectivity index (χ3n) is 6.12. The van der Waals surface area contributed by atoms with E-state index in [1.165, 1.54) is 42.1 Å². The van der Waals surface area contributed by atoms with Gasteiger partial charge in [-0.05, 0) is 32.9 Å². The van der Waals surface area contributed by atoms with Gasteiger partial charge in [0.1, 0.15) is 0 Å². The lowest BCUT2D eigenvalue weighted by Gasteiger charge is -2.08. The number of benzene rings is 5. The second-order valence-electron chi connectivity index (χ2n) is 7.99. The van der Waals surface area contributed by atoms with E-state index in [1.54, 1.807) is 12.1 Å². The smallest absolute Gasteiger partial charge is 0.423 e. The molecule has 0 spiro atoms. The first-order chi connectivity index (χ1) is 15.7. The molecular formula is C28H19BO2S. The van der Waals surface area contributed by atoms with E-state index in [0.29, 0.717) is 5.46 Å². The summed E-state index contributed by atoms with van der Waals surface area (Å²) in [5, 5.41) is 23.9. The van der Waals surface area contributed by atoms with Gasteiger partial charge in [-0.15, -0.1) is 11.3 Å². The average molecular weight is 430 g/mol. The molecule has 32 heavy (non-hydrogen) atoms. The number of hydrogen-bond acceptors (Lipinski definition) is 3. The zero-order valence-electron chi connectivity index (χ0n) is 17.2. The predicted molar refractivity (Wildman–Crippen MR) is 138 cm³/mol. The summed E-state index contributed by atoms with van der Waals surface area (Å²) in [5.41, 5.74) is 5.23. The van der Waals surface area contributed by atoms with Crippen molar-refractivity contribution in [2.24, 2.45) is 0 Å². The Morgan fingerprint density at radius 3 is 1.81 bits per heavy atom. The van der Waals surface area contributed by atoms with Crippen LogP contribution in [0.3, 0.4) is 0 Å². The maximum absolute atomic E-state index is 9.42. The van der Waals surface area contributed by atoms with E-state index in [2.05, 4.69) is 78.9 Å². The van der Waals surface area contributed by atoms with Crippen LogP contribution in [0.4, 0.5) is 0 Å². The SMILES string of the molecule is OB(O)c1ccc(-c2cccc3c2sc2c(-c4cccc5ccccc45)cccc23)cc1. The molecule has 0 aliphatic rings. The zero-order chi connectivity index (χ0) is 21.7. The molecule has 0 radical (unpaired) electrons. The van der Waals surface area contributed by atoms with Crippen molar-refractivity contribution in [2.75, 3.05) is 0 Å². The maximum Gasteiger partial charge on any atom is 0.488 e. The lowest BCUT2D eigenvalue weighted by Crippen LogP contribution is -2.29. The Morgan fingerprint density at radius 1 is 0.500 bits per heavy atom. The third kappa shape index (κ3) is 3.04. The summed E-state index contributed by atoms with van der Waals surface area (Å²) < 4.78 is 2.53. The molecule has 4 heteroatoms. The third-order valence-corrected chi connectivity index (χ3v) is 7.41. The summed E-state index contributed by atoms with van der Waals surface area (Å²) in [7, 11) is -1.45. The molecule has 1 heterocycles. The van der Waals surface area contributed by atoms with Crippen molar-refractivity contribution in [3.8, 4) is 22.3 Å². The van der Waals surface area contributed by atoms with E-state index in [1.807, 2.05) is 23.5 Å². The Balaban J connectivity index is 1.61. The second kappa shape index (κ2) is 7.61. The standard InChI is InChI=1S/C28H19BO2S/c30-29(31)20-16-14-19(15-17-20)22-9-4-12-25-26-13-5-11-24(28(26)32-27(22)25)23-10-3-7-18-6-1-2-8-21(18)23/h1-17,30-31H. The zero-order valence-corrected chi connectivity index (χ0v) is 18.0. The van der Waals surface area contributed by atoms with E-state index < -0.39 is 7.12 Å². The van der Waals surface area contributed by atoms with Gasteiger partial charge in [0.25, 0.3) is 0 Å². The second-order valence-corrected chi connectivity index (χ2v) is 9.01. The van der Waals surface area contributed by atoms with Crippen molar-refractivity contribution in [3.63, 3.8) is 0 Å². The van der Waals surface area contributed by atoms with Crippen molar-refractivity contribution in [1.29, 1.82) is 0 Å². The first-order valence-electron chi connectivity index (χ1n) is 10.6. The van der Waals surface area contributed by atoms with Crippen LogP contribution in [0.5, 0.6) is 0 Å². The lowest BCUT2D eigenvalue weighted by atomic mass is 9.80. The summed E-state index contributed by atoms with van der Waals surface area (Å²) >= 11 is 1.82. The molecule has 0 amide bonds. The van der Waals surface area contributed by atoms with Crippen molar-refractivity contribution in [1.82, 2.24) is 0 Å². The molecule has 0 aliphatic heterocycles. The van der Waals surface area contributed by atoms with Crippen molar-refractivity contribution in [2.45, 2.75) is 0 Å². The quantitative estimate of drug-likeness (QED) is 0.327. The number of hydrogen-bond donors (Lipinski definition) is 2. The topological polar surface area (TPSA) is 40.5 Å². The molecule has 5 aromatic carbocycles. The number of fused-ring (bicyclic) bond motifs is 4. The van der Waals surface area contributed by atoms with E-state index in [-0.39, 0.29) is 0 Å². The summed E-state index contributed by atoms with van der Waals surface area (Å²) in [6.07, 6.45) is 0. The van der Waals surface area contributed by atoms with Gasteiger partial charge in [0.15, 0.2) is 0 Å². The van der Waals surface area contributed by atoms with Crippen LogP contribution in [0.25, 0.3) is 53.2 Å². The summed E-state index contributed by atoms with van der Waals surface area (Å²) in [6.45, 7) is 0. The lowest BCUT2D eigenvalue weighted by molar-refractivity contribution is 0.426. The molecule has 0 saturated carbocycles. The molecule has 0 fully saturated rings. The van der Waals surface area contributed by atoms with Crippen LogP contribution >= 0.6 is 11.3 Å². The van der Waals surface area contributed by atoms with Crippen LogP contribution in [0.15, 0.2) is 103 Å². The van der Waals surface area contributed by atoms with Gasteiger partial charge in [0.2, 0.25) is 0 Å². The largest absolute Gasteiger partial charge is 0.488 e. The van der Waals surface area contributed by atoms with Crippen LogP contribution in [-0.4, -0.2) is 17.2 Å². The number of thiophene rings is 1. The molecule has 0 aliphatic carbocycles. The Bertz CT molecular complexity index is 1590. The van der Waals surface area contributed by atoms with Gasteiger partial charge >= 0.3 is 7.12 Å². The molecule has 0 saturated heterocycles. The highest BCUT2D eigenvalue weighted by Crippen LogP contribution is 2.44. The van der Waals surface area contributed by atoms with Gasteiger partial charge in [-0.3, -0.25) is 0 Å². The maximum atomic E-state index is 9.42. The van der Waals surface area contributed by atoms with Crippen LogP contribution in [0.1, 0.15) is 0 Å². The molecule has 6 aromatic rings. The fourth-order valence-electron chi connectivity index (χ4n) is 4.55. The monoisotopic (exact) mass is 430 g/mol. The Kier molecular flexibility index (Phi) is 4.58. The first-order valence-corrected chi connectivity index (χ1v) is 11.4. The first kappa shape index (κ1) is 19.3. The molecule has 0 atom stereocenters. The van der Waals surface area contributed by atoms with Gasteiger partial charge in [0.05, 0.1) is 0 Å². The van der Waals surface area contributed by atoms with E-state index >= 15 is 0 Å². The minimum absolute atomic E-state index is 0.496. The van der Waals surface area contributed by atoms with E-state index in [9.17, 15) is 10.0 Å². The molecular weight excluding hydrogens is 411 g/mol. The summed E-state index contributed by atoms with van der Waals surface area (Å²) in [5.74, 6) is 0. The Labute approximate surface area is 190 Å².